The van der Waals surface area contributed by atoms with E-state index in [1.165, 1.54) is 43.6 Å². The Morgan fingerprint density at radius 1 is 1.08 bits per heavy atom. The molecule has 25 heavy (non-hydrogen) atoms. The van der Waals surface area contributed by atoms with Gasteiger partial charge >= 0.3 is 0 Å². The molecule has 1 heterocycles. The van der Waals surface area contributed by atoms with E-state index in [4.69, 9.17) is 4.74 Å². The largest absolute Gasteiger partial charge is 0.457 e. The van der Waals surface area contributed by atoms with Crippen LogP contribution in [0.2, 0.25) is 0 Å². The van der Waals surface area contributed by atoms with Crippen LogP contribution in [0.15, 0.2) is 48.5 Å². The van der Waals surface area contributed by atoms with Crippen molar-refractivity contribution in [1.82, 2.24) is 4.90 Å². The molecule has 0 radical (unpaired) electrons. The number of hydrogen-bond acceptors (Lipinski definition) is 2. The molecule has 2 nitrogen and oxygen atoms in total. The van der Waals surface area contributed by atoms with E-state index in [-0.39, 0.29) is 5.82 Å². The highest BCUT2D eigenvalue weighted by Crippen LogP contribution is 2.32. The summed E-state index contributed by atoms with van der Waals surface area (Å²) in [6.07, 6.45) is 3.76. The second kappa shape index (κ2) is 8.48. The minimum atomic E-state index is -0.246. The average Bonchev–Trinajstić information content (AvgIpc) is 2.63. The summed E-state index contributed by atoms with van der Waals surface area (Å²) >= 11 is 0. The number of ether oxygens (including phenoxy) is 1. The van der Waals surface area contributed by atoms with Crippen LogP contribution in [0.5, 0.6) is 11.5 Å². The zero-order valence-electron chi connectivity index (χ0n) is 15.2. The van der Waals surface area contributed by atoms with Crippen LogP contribution in [-0.2, 0) is 0 Å². The third-order valence-corrected chi connectivity index (χ3v) is 5.25. The van der Waals surface area contributed by atoms with Gasteiger partial charge in [-0.05, 0) is 86.6 Å². The molecule has 2 aromatic rings. The van der Waals surface area contributed by atoms with E-state index in [1.807, 2.05) is 12.1 Å². The lowest BCUT2D eigenvalue weighted by Gasteiger charge is -2.31. The summed E-state index contributed by atoms with van der Waals surface area (Å²) in [7, 11) is 0. The maximum absolute atomic E-state index is 13.1. The molecule has 3 rings (SSSR count). The maximum atomic E-state index is 13.1. The predicted molar refractivity (Wildman–Crippen MR) is 101 cm³/mol. The van der Waals surface area contributed by atoms with Crippen molar-refractivity contribution in [1.29, 1.82) is 0 Å². The van der Waals surface area contributed by atoms with Crippen LogP contribution in [0.4, 0.5) is 4.39 Å². The third-order valence-electron chi connectivity index (χ3n) is 5.25. The monoisotopic (exact) mass is 341 g/mol. The van der Waals surface area contributed by atoms with Gasteiger partial charge in [0.1, 0.15) is 17.3 Å². The second-order valence-electron chi connectivity index (χ2n) is 7.31. The van der Waals surface area contributed by atoms with Gasteiger partial charge in [-0.3, -0.25) is 0 Å². The van der Waals surface area contributed by atoms with E-state index in [9.17, 15) is 4.39 Å². The Morgan fingerprint density at radius 2 is 1.76 bits per heavy atom. The molecule has 2 aromatic carbocycles. The van der Waals surface area contributed by atoms with Gasteiger partial charge < -0.3 is 9.64 Å². The molecule has 0 saturated carbocycles. The number of likely N-dealkylation sites (tertiary alicyclic amines) is 1. The normalized spacial score (nSPS) is 17.4. The number of para-hydroxylation sites is 1. The van der Waals surface area contributed by atoms with Crippen LogP contribution in [0.25, 0.3) is 0 Å². The first-order valence-electron chi connectivity index (χ1n) is 9.36. The van der Waals surface area contributed by atoms with Gasteiger partial charge in [-0.15, -0.1) is 0 Å². The molecule has 1 unspecified atom stereocenters. The summed E-state index contributed by atoms with van der Waals surface area (Å²) in [5.74, 6) is 2.60. The predicted octanol–water partition coefficient (Wildman–Crippen LogP) is 5.84. The zero-order chi connectivity index (χ0) is 17.6. The summed E-state index contributed by atoms with van der Waals surface area (Å²) < 4.78 is 19.1. The van der Waals surface area contributed by atoms with Crippen LogP contribution in [0.1, 0.15) is 44.6 Å². The van der Waals surface area contributed by atoms with Crippen molar-refractivity contribution in [2.45, 2.75) is 39.0 Å². The Kier molecular flexibility index (Phi) is 6.09. The summed E-state index contributed by atoms with van der Waals surface area (Å²) in [6.45, 7) is 8.20. The van der Waals surface area contributed by atoms with Gasteiger partial charge in [0.05, 0.1) is 0 Å². The molecular weight excluding hydrogens is 313 g/mol. The Morgan fingerprint density at radius 3 is 2.48 bits per heavy atom. The number of nitrogens with zero attached hydrogens (tertiary/aromatic N) is 1. The summed E-state index contributed by atoms with van der Waals surface area (Å²) in [4.78, 5) is 2.58. The van der Waals surface area contributed by atoms with E-state index in [2.05, 4.69) is 30.9 Å². The molecule has 1 fully saturated rings. The highest BCUT2D eigenvalue weighted by Gasteiger charge is 2.18. The van der Waals surface area contributed by atoms with Gasteiger partial charge in [0.15, 0.2) is 0 Å². The van der Waals surface area contributed by atoms with Crippen molar-refractivity contribution in [3.63, 3.8) is 0 Å². The van der Waals surface area contributed by atoms with Crippen molar-refractivity contribution in [2.24, 2.45) is 5.92 Å². The minimum Gasteiger partial charge on any atom is -0.457 e. The van der Waals surface area contributed by atoms with Crippen LogP contribution in [0, 0.1) is 11.7 Å². The molecule has 0 aliphatic carbocycles. The second-order valence-corrected chi connectivity index (χ2v) is 7.31. The number of halogens is 1. The maximum Gasteiger partial charge on any atom is 0.130 e. The standard InChI is InChI=1S/C22H28FNO/c1-17-11-14-24(15-12-17)16-13-18(2)21-5-3-4-6-22(21)25-20-9-7-19(23)8-10-20/h3-10,17-18H,11-16H2,1-2H3. The van der Waals surface area contributed by atoms with Gasteiger partial charge in [0.2, 0.25) is 0 Å². The zero-order valence-corrected chi connectivity index (χ0v) is 15.2. The Bertz CT molecular complexity index is 662. The van der Waals surface area contributed by atoms with Crippen LogP contribution >= 0.6 is 0 Å². The molecule has 0 aromatic heterocycles. The van der Waals surface area contributed by atoms with Crippen molar-refractivity contribution in [2.75, 3.05) is 19.6 Å². The average molecular weight is 341 g/mol. The molecule has 1 atom stereocenters. The van der Waals surface area contributed by atoms with Crippen molar-refractivity contribution in [3.8, 4) is 11.5 Å². The fraction of sp³-hybridized carbons (Fsp3) is 0.455. The molecule has 1 aliphatic heterocycles. The van der Waals surface area contributed by atoms with Gasteiger partial charge in [0, 0.05) is 0 Å². The highest BCUT2D eigenvalue weighted by atomic mass is 19.1. The smallest absolute Gasteiger partial charge is 0.130 e. The van der Waals surface area contributed by atoms with Gasteiger partial charge in [-0.2, -0.15) is 0 Å². The molecule has 3 heteroatoms. The van der Waals surface area contributed by atoms with Gasteiger partial charge in [-0.1, -0.05) is 32.0 Å². The minimum absolute atomic E-state index is 0.246. The first-order chi connectivity index (χ1) is 12.1. The van der Waals surface area contributed by atoms with Crippen molar-refractivity contribution in [3.05, 3.63) is 59.9 Å². The molecule has 0 bridgehead atoms. The molecule has 0 N–H and O–H groups in total. The topological polar surface area (TPSA) is 12.5 Å². The van der Waals surface area contributed by atoms with E-state index in [0.717, 1.165) is 24.6 Å². The van der Waals surface area contributed by atoms with E-state index in [1.54, 1.807) is 12.1 Å². The molecule has 1 aliphatic rings. The SMILES string of the molecule is CC1CCN(CCC(C)c2ccccc2Oc2ccc(F)cc2)CC1. The van der Waals surface area contributed by atoms with Gasteiger partial charge in [-0.25, -0.2) is 4.39 Å². The lowest BCUT2D eigenvalue weighted by molar-refractivity contribution is 0.187. The molecule has 0 spiro atoms. The van der Waals surface area contributed by atoms with Crippen LogP contribution < -0.4 is 4.74 Å². The third kappa shape index (κ3) is 5.05. The molecule has 134 valence electrons. The lowest BCUT2D eigenvalue weighted by atomic mass is 9.95. The van der Waals surface area contributed by atoms with Crippen molar-refractivity contribution >= 4 is 0 Å². The molecule has 1 saturated heterocycles. The first-order valence-corrected chi connectivity index (χ1v) is 9.36. The Balaban J connectivity index is 1.62. The number of benzene rings is 2. The van der Waals surface area contributed by atoms with Crippen LogP contribution in [-0.4, -0.2) is 24.5 Å². The van der Waals surface area contributed by atoms with E-state index < -0.39 is 0 Å². The lowest BCUT2D eigenvalue weighted by Crippen LogP contribution is -2.34. The van der Waals surface area contributed by atoms with E-state index in [0.29, 0.717) is 11.7 Å². The molecular formula is C22H28FNO. The summed E-state index contributed by atoms with van der Waals surface area (Å²) in [5, 5.41) is 0. The first kappa shape index (κ1) is 17.9. The quantitative estimate of drug-likeness (QED) is 0.654. The summed E-state index contributed by atoms with van der Waals surface area (Å²) in [5.41, 5.74) is 1.22. The van der Waals surface area contributed by atoms with Crippen molar-refractivity contribution < 1.29 is 9.13 Å². The number of hydrogen-bond donors (Lipinski definition) is 0. The fourth-order valence-corrected chi connectivity index (χ4v) is 3.43. The fourth-order valence-electron chi connectivity index (χ4n) is 3.43. The van der Waals surface area contributed by atoms with E-state index >= 15 is 0 Å². The van der Waals surface area contributed by atoms with Gasteiger partial charge in [0.25, 0.3) is 0 Å². The highest BCUT2D eigenvalue weighted by molar-refractivity contribution is 5.39. The number of piperidine rings is 1. The summed E-state index contributed by atoms with van der Waals surface area (Å²) in [6, 6.07) is 14.4. The Labute approximate surface area is 150 Å². The Hall–Kier alpha value is -1.87. The number of rotatable bonds is 6. The molecule has 0 amide bonds. The van der Waals surface area contributed by atoms with Crippen LogP contribution in [0.3, 0.4) is 0 Å².